The lowest BCUT2D eigenvalue weighted by Gasteiger charge is -2.20. The molecule has 0 bridgehead atoms. The second-order valence-electron chi connectivity index (χ2n) is 6.99. The van der Waals surface area contributed by atoms with Crippen LogP contribution >= 0.6 is 11.3 Å². The summed E-state index contributed by atoms with van der Waals surface area (Å²) in [6.07, 6.45) is 3.60. The van der Waals surface area contributed by atoms with Gasteiger partial charge in [-0.3, -0.25) is 14.7 Å². The summed E-state index contributed by atoms with van der Waals surface area (Å²) in [5, 5.41) is 0.664. The van der Waals surface area contributed by atoms with Crippen LogP contribution in [0, 0.1) is 19.7 Å². The molecule has 0 aliphatic heterocycles. The average molecular weight is 405 g/mol. The third-order valence-electron chi connectivity index (χ3n) is 4.96. The minimum absolute atomic E-state index is 0.0816. The number of aromatic nitrogens is 2. The number of anilines is 1. The van der Waals surface area contributed by atoms with Gasteiger partial charge in [-0.2, -0.15) is 0 Å². The molecule has 2 aromatic heterocycles. The van der Waals surface area contributed by atoms with Gasteiger partial charge in [-0.1, -0.05) is 29.5 Å². The maximum atomic E-state index is 13.2. The lowest BCUT2D eigenvalue weighted by molar-refractivity contribution is -0.118. The van der Waals surface area contributed by atoms with E-state index in [9.17, 15) is 9.18 Å². The molecule has 6 heteroatoms. The maximum absolute atomic E-state index is 13.2. The van der Waals surface area contributed by atoms with Crippen LogP contribution in [-0.2, 0) is 17.8 Å². The molecule has 0 saturated heterocycles. The van der Waals surface area contributed by atoms with E-state index in [0.29, 0.717) is 11.7 Å². The molecule has 2 heterocycles. The molecular weight excluding hydrogens is 385 g/mol. The first-order valence-electron chi connectivity index (χ1n) is 9.32. The van der Waals surface area contributed by atoms with Gasteiger partial charge in [0.2, 0.25) is 5.91 Å². The Balaban J connectivity index is 1.70. The molecule has 4 aromatic rings. The first kappa shape index (κ1) is 19.2. The molecule has 0 unspecified atom stereocenters. The van der Waals surface area contributed by atoms with Gasteiger partial charge < -0.3 is 0 Å². The minimum Gasteiger partial charge on any atom is -0.283 e. The van der Waals surface area contributed by atoms with Crippen LogP contribution < -0.4 is 4.90 Å². The standard InChI is InChI=1S/C23H20FN3OS/c1-15-3-8-20-22(16(15)2)26-23(29-20)27(14-18-9-11-25-12-10-18)21(28)13-17-4-6-19(24)7-5-17/h3-12H,13-14H2,1-2H3. The van der Waals surface area contributed by atoms with E-state index < -0.39 is 0 Å². The van der Waals surface area contributed by atoms with Gasteiger partial charge in [-0.05, 0) is 66.4 Å². The maximum Gasteiger partial charge on any atom is 0.233 e. The smallest absolute Gasteiger partial charge is 0.233 e. The molecule has 146 valence electrons. The van der Waals surface area contributed by atoms with E-state index in [2.05, 4.69) is 24.9 Å². The fourth-order valence-electron chi connectivity index (χ4n) is 3.14. The number of nitrogens with zero attached hydrogens (tertiary/aromatic N) is 3. The monoisotopic (exact) mass is 405 g/mol. The zero-order chi connectivity index (χ0) is 20.4. The van der Waals surface area contributed by atoms with Crippen molar-refractivity contribution >= 4 is 32.6 Å². The zero-order valence-corrected chi connectivity index (χ0v) is 17.0. The van der Waals surface area contributed by atoms with E-state index in [1.54, 1.807) is 29.4 Å². The molecule has 0 atom stereocenters. The van der Waals surface area contributed by atoms with Crippen LogP contribution in [0.15, 0.2) is 60.9 Å². The van der Waals surface area contributed by atoms with Crippen molar-refractivity contribution in [2.24, 2.45) is 0 Å². The second kappa shape index (κ2) is 8.09. The lowest BCUT2D eigenvalue weighted by atomic mass is 10.1. The van der Waals surface area contributed by atoms with Gasteiger partial charge in [0.05, 0.1) is 23.2 Å². The summed E-state index contributed by atoms with van der Waals surface area (Å²) in [6, 6.07) is 13.9. The summed E-state index contributed by atoms with van der Waals surface area (Å²) in [4.78, 5) is 23.8. The van der Waals surface area contributed by atoms with Gasteiger partial charge in [-0.25, -0.2) is 9.37 Å². The molecule has 0 radical (unpaired) electrons. The van der Waals surface area contributed by atoms with Crippen molar-refractivity contribution < 1.29 is 9.18 Å². The quantitative estimate of drug-likeness (QED) is 0.457. The van der Waals surface area contributed by atoms with Crippen molar-refractivity contribution in [1.29, 1.82) is 0 Å². The van der Waals surface area contributed by atoms with Crippen LogP contribution in [0.2, 0.25) is 0 Å². The summed E-state index contributed by atoms with van der Waals surface area (Å²) in [6.45, 7) is 4.51. The van der Waals surface area contributed by atoms with Crippen LogP contribution in [0.1, 0.15) is 22.3 Å². The normalized spacial score (nSPS) is 11.0. The number of hydrogen-bond acceptors (Lipinski definition) is 4. The van der Waals surface area contributed by atoms with Crippen molar-refractivity contribution in [1.82, 2.24) is 9.97 Å². The van der Waals surface area contributed by atoms with Gasteiger partial charge in [0.25, 0.3) is 0 Å². The predicted molar refractivity (Wildman–Crippen MR) is 115 cm³/mol. The molecule has 0 fully saturated rings. The van der Waals surface area contributed by atoms with E-state index in [1.807, 2.05) is 18.2 Å². The number of benzene rings is 2. The van der Waals surface area contributed by atoms with E-state index in [-0.39, 0.29) is 18.1 Å². The van der Waals surface area contributed by atoms with E-state index in [4.69, 9.17) is 4.98 Å². The number of fused-ring (bicyclic) bond motifs is 1. The Morgan fingerprint density at radius 1 is 1.00 bits per heavy atom. The molecule has 1 amide bonds. The van der Waals surface area contributed by atoms with E-state index in [0.717, 1.165) is 26.9 Å². The number of pyridine rings is 1. The van der Waals surface area contributed by atoms with Crippen molar-refractivity contribution in [2.45, 2.75) is 26.8 Å². The summed E-state index contributed by atoms with van der Waals surface area (Å²) >= 11 is 1.51. The third-order valence-corrected chi connectivity index (χ3v) is 6.01. The van der Waals surface area contributed by atoms with E-state index in [1.165, 1.54) is 29.0 Å². The number of rotatable bonds is 5. The summed E-state index contributed by atoms with van der Waals surface area (Å²) in [5.41, 5.74) is 4.97. The molecule has 0 saturated carbocycles. The highest BCUT2D eigenvalue weighted by Gasteiger charge is 2.21. The molecule has 4 nitrogen and oxygen atoms in total. The number of hydrogen-bond donors (Lipinski definition) is 0. The highest BCUT2D eigenvalue weighted by Crippen LogP contribution is 2.33. The number of aryl methyl sites for hydroxylation is 2. The average Bonchev–Trinajstić information content (AvgIpc) is 3.16. The molecule has 2 aromatic carbocycles. The summed E-state index contributed by atoms with van der Waals surface area (Å²) in [5.74, 6) is -0.395. The SMILES string of the molecule is Cc1ccc2sc(N(Cc3ccncc3)C(=O)Cc3ccc(F)cc3)nc2c1C. The molecular formula is C23H20FN3OS. The predicted octanol–water partition coefficient (Wildman–Crippen LogP) is 5.22. The van der Waals surface area contributed by atoms with Crippen molar-refractivity contribution in [2.75, 3.05) is 4.90 Å². The van der Waals surface area contributed by atoms with Crippen molar-refractivity contribution in [3.63, 3.8) is 0 Å². The Bertz CT molecular complexity index is 1160. The third kappa shape index (κ3) is 4.17. The number of carbonyl (C=O) groups is 1. The highest BCUT2D eigenvalue weighted by atomic mass is 32.1. The minimum atomic E-state index is -0.313. The molecule has 0 aliphatic carbocycles. The summed E-state index contributed by atoms with van der Waals surface area (Å²) in [7, 11) is 0. The van der Waals surface area contributed by atoms with Crippen molar-refractivity contribution in [3.8, 4) is 0 Å². The van der Waals surface area contributed by atoms with Gasteiger partial charge in [-0.15, -0.1) is 0 Å². The Kier molecular flexibility index (Phi) is 5.36. The molecule has 29 heavy (non-hydrogen) atoms. The Morgan fingerprint density at radius 3 is 2.45 bits per heavy atom. The Hall–Kier alpha value is -3.12. The number of amides is 1. The number of thiazole rings is 1. The fourth-order valence-corrected chi connectivity index (χ4v) is 4.18. The van der Waals surface area contributed by atoms with E-state index >= 15 is 0 Å². The number of carbonyl (C=O) groups excluding carboxylic acids is 1. The zero-order valence-electron chi connectivity index (χ0n) is 16.2. The number of halogens is 1. The topological polar surface area (TPSA) is 46.1 Å². The second-order valence-corrected chi connectivity index (χ2v) is 8.00. The molecule has 0 N–H and O–H groups in total. The fraction of sp³-hybridized carbons (Fsp3) is 0.174. The first-order valence-corrected chi connectivity index (χ1v) is 10.1. The molecule has 0 spiro atoms. The van der Waals surface area contributed by atoms with Crippen molar-refractivity contribution in [3.05, 3.63) is 89.0 Å². The Morgan fingerprint density at radius 2 is 1.72 bits per heavy atom. The van der Waals surface area contributed by atoms with Gasteiger partial charge >= 0.3 is 0 Å². The van der Waals surface area contributed by atoms with Gasteiger partial charge in [0, 0.05) is 12.4 Å². The van der Waals surface area contributed by atoms with Crippen LogP contribution in [0.4, 0.5) is 9.52 Å². The largest absolute Gasteiger partial charge is 0.283 e. The lowest BCUT2D eigenvalue weighted by Crippen LogP contribution is -2.31. The van der Waals surface area contributed by atoms with Crippen LogP contribution in [0.3, 0.4) is 0 Å². The highest BCUT2D eigenvalue weighted by molar-refractivity contribution is 7.22. The summed E-state index contributed by atoms with van der Waals surface area (Å²) < 4.78 is 14.3. The van der Waals surface area contributed by atoms with Gasteiger partial charge in [0.1, 0.15) is 5.82 Å². The van der Waals surface area contributed by atoms with Crippen LogP contribution in [0.5, 0.6) is 0 Å². The van der Waals surface area contributed by atoms with Gasteiger partial charge in [0.15, 0.2) is 5.13 Å². The first-order chi connectivity index (χ1) is 14.0. The van der Waals surface area contributed by atoms with Crippen LogP contribution in [-0.4, -0.2) is 15.9 Å². The Labute approximate surface area is 172 Å². The molecule has 0 aliphatic rings. The van der Waals surface area contributed by atoms with Crippen LogP contribution in [0.25, 0.3) is 10.2 Å². The molecule has 4 rings (SSSR count).